The minimum absolute atomic E-state index is 0.111. The molecule has 4 aromatic rings. The number of aryl methyl sites for hydroxylation is 1. The molecule has 0 saturated heterocycles. The average molecular weight is 499 g/mol. The zero-order valence-corrected chi connectivity index (χ0v) is 20.6. The number of amides is 2. The van der Waals surface area contributed by atoms with Crippen molar-refractivity contribution in [3.63, 3.8) is 0 Å². The van der Waals surface area contributed by atoms with E-state index in [1.807, 2.05) is 38.1 Å². The first kappa shape index (κ1) is 25.5. The first-order valence-corrected chi connectivity index (χ1v) is 11.9. The maximum atomic E-state index is 13.8. The number of ether oxygens (including phenoxy) is 1. The molecule has 0 aliphatic heterocycles. The van der Waals surface area contributed by atoms with Crippen molar-refractivity contribution < 1.29 is 18.7 Å². The van der Waals surface area contributed by atoms with Crippen LogP contribution in [0.3, 0.4) is 0 Å². The van der Waals surface area contributed by atoms with Gasteiger partial charge in [-0.15, -0.1) is 0 Å². The van der Waals surface area contributed by atoms with Gasteiger partial charge in [0.25, 0.3) is 11.8 Å². The van der Waals surface area contributed by atoms with E-state index in [-0.39, 0.29) is 12.2 Å². The molecular formula is C29H27FN4O3. The van der Waals surface area contributed by atoms with Crippen LogP contribution in [0.25, 0.3) is 0 Å². The van der Waals surface area contributed by atoms with Gasteiger partial charge < -0.3 is 15.0 Å². The molecule has 7 nitrogen and oxygen atoms in total. The number of halogens is 1. The Morgan fingerprint density at radius 1 is 0.973 bits per heavy atom. The molecule has 1 heterocycles. The van der Waals surface area contributed by atoms with E-state index in [1.54, 1.807) is 24.3 Å². The smallest absolute Gasteiger partial charge is 0.275 e. The summed E-state index contributed by atoms with van der Waals surface area (Å²) in [6, 6.07) is 19.2. The maximum absolute atomic E-state index is 13.8. The number of nitrogens with one attached hydrogen (secondary N) is 1. The third-order valence-electron chi connectivity index (χ3n) is 5.70. The Kier molecular flexibility index (Phi) is 8.20. The van der Waals surface area contributed by atoms with Crippen LogP contribution in [0.1, 0.15) is 40.1 Å². The molecule has 0 fully saturated rings. The summed E-state index contributed by atoms with van der Waals surface area (Å²) in [5.74, 6) is -0.684. The SMILES string of the molecule is CCOc1ccc(C(C(=O)Nc2ccc(F)cc2)N(Cc2ccc(C)cc2)C(=O)c2cnccn2)cc1. The van der Waals surface area contributed by atoms with E-state index in [0.717, 1.165) is 11.1 Å². The van der Waals surface area contributed by atoms with Crippen LogP contribution in [0.5, 0.6) is 5.75 Å². The van der Waals surface area contributed by atoms with Gasteiger partial charge >= 0.3 is 0 Å². The molecule has 2 amide bonds. The normalized spacial score (nSPS) is 11.4. The van der Waals surface area contributed by atoms with Crippen LogP contribution in [-0.2, 0) is 11.3 Å². The van der Waals surface area contributed by atoms with Crippen LogP contribution < -0.4 is 10.1 Å². The summed E-state index contributed by atoms with van der Waals surface area (Å²) in [6.45, 7) is 4.50. The first-order chi connectivity index (χ1) is 17.9. The summed E-state index contributed by atoms with van der Waals surface area (Å²) in [6.07, 6.45) is 4.28. The Balaban J connectivity index is 1.77. The number of aromatic nitrogens is 2. The highest BCUT2D eigenvalue weighted by Gasteiger charge is 2.33. The fourth-order valence-electron chi connectivity index (χ4n) is 3.86. The second-order valence-electron chi connectivity index (χ2n) is 8.41. The van der Waals surface area contributed by atoms with Gasteiger partial charge in [0.1, 0.15) is 23.3 Å². The second-order valence-corrected chi connectivity index (χ2v) is 8.41. The molecular weight excluding hydrogens is 471 g/mol. The van der Waals surface area contributed by atoms with Crippen LogP contribution in [0.2, 0.25) is 0 Å². The van der Waals surface area contributed by atoms with Gasteiger partial charge in [-0.1, -0.05) is 42.0 Å². The topological polar surface area (TPSA) is 84.4 Å². The lowest BCUT2D eigenvalue weighted by Crippen LogP contribution is -2.41. The molecule has 1 unspecified atom stereocenters. The second kappa shape index (κ2) is 11.9. The molecule has 4 rings (SSSR count). The number of benzene rings is 3. The van der Waals surface area contributed by atoms with E-state index in [9.17, 15) is 14.0 Å². The van der Waals surface area contributed by atoms with Crippen LogP contribution in [0.15, 0.2) is 91.4 Å². The van der Waals surface area contributed by atoms with Crippen molar-refractivity contribution in [2.45, 2.75) is 26.4 Å². The Morgan fingerprint density at radius 2 is 1.68 bits per heavy atom. The van der Waals surface area contributed by atoms with Gasteiger partial charge in [0.15, 0.2) is 0 Å². The Hall–Kier alpha value is -4.59. The number of hydrogen-bond acceptors (Lipinski definition) is 5. The summed E-state index contributed by atoms with van der Waals surface area (Å²) in [5.41, 5.74) is 3.01. The monoisotopic (exact) mass is 498 g/mol. The van der Waals surface area contributed by atoms with E-state index < -0.39 is 23.7 Å². The lowest BCUT2D eigenvalue weighted by Gasteiger charge is -2.31. The van der Waals surface area contributed by atoms with E-state index in [4.69, 9.17) is 4.74 Å². The Labute approximate surface area is 215 Å². The summed E-state index contributed by atoms with van der Waals surface area (Å²) in [5, 5.41) is 2.82. The predicted molar refractivity (Wildman–Crippen MR) is 138 cm³/mol. The Morgan fingerprint density at radius 3 is 2.30 bits per heavy atom. The van der Waals surface area contributed by atoms with Crippen LogP contribution in [0.4, 0.5) is 10.1 Å². The quantitative estimate of drug-likeness (QED) is 0.337. The van der Waals surface area contributed by atoms with Crippen molar-refractivity contribution in [1.29, 1.82) is 0 Å². The van der Waals surface area contributed by atoms with Gasteiger partial charge in [-0.3, -0.25) is 14.6 Å². The summed E-state index contributed by atoms with van der Waals surface area (Å²) < 4.78 is 19.0. The van der Waals surface area contributed by atoms with Gasteiger partial charge in [0.2, 0.25) is 0 Å². The fourth-order valence-corrected chi connectivity index (χ4v) is 3.86. The van der Waals surface area contributed by atoms with Crippen molar-refractivity contribution in [3.05, 3.63) is 120 Å². The first-order valence-electron chi connectivity index (χ1n) is 11.9. The van der Waals surface area contributed by atoms with Crippen molar-refractivity contribution in [2.24, 2.45) is 0 Å². The average Bonchev–Trinajstić information content (AvgIpc) is 2.92. The van der Waals surface area contributed by atoms with Crippen LogP contribution in [0, 0.1) is 12.7 Å². The summed E-state index contributed by atoms with van der Waals surface area (Å²) >= 11 is 0. The summed E-state index contributed by atoms with van der Waals surface area (Å²) in [4.78, 5) is 37.2. The minimum Gasteiger partial charge on any atom is -0.494 e. The zero-order chi connectivity index (χ0) is 26.2. The molecule has 0 bridgehead atoms. The molecule has 8 heteroatoms. The van der Waals surface area contributed by atoms with Gasteiger partial charge in [0.05, 0.1) is 12.8 Å². The predicted octanol–water partition coefficient (Wildman–Crippen LogP) is 5.35. The fraction of sp³-hybridized carbons (Fsp3) is 0.172. The molecule has 37 heavy (non-hydrogen) atoms. The van der Waals surface area contributed by atoms with E-state index >= 15 is 0 Å². The summed E-state index contributed by atoms with van der Waals surface area (Å²) in [7, 11) is 0. The maximum Gasteiger partial charge on any atom is 0.275 e. The number of hydrogen-bond donors (Lipinski definition) is 1. The molecule has 0 aliphatic carbocycles. The van der Waals surface area contributed by atoms with E-state index in [0.29, 0.717) is 23.6 Å². The van der Waals surface area contributed by atoms with Gasteiger partial charge in [-0.25, -0.2) is 9.37 Å². The molecule has 0 aliphatic rings. The molecule has 1 atom stereocenters. The van der Waals surface area contributed by atoms with Crippen molar-refractivity contribution in [1.82, 2.24) is 14.9 Å². The van der Waals surface area contributed by atoms with E-state index in [1.165, 1.54) is 47.8 Å². The van der Waals surface area contributed by atoms with Gasteiger partial charge in [-0.2, -0.15) is 0 Å². The van der Waals surface area contributed by atoms with Gasteiger partial charge in [-0.05, 0) is 61.4 Å². The van der Waals surface area contributed by atoms with Gasteiger partial charge in [0, 0.05) is 24.6 Å². The highest BCUT2D eigenvalue weighted by Crippen LogP contribution is 2.28. The molecule has 1 aromatic heterocycles. The number of carbonyl (C=O) groups excluding carboxylic acids is 2. The van der Waals surface area contributed by atoms with Crippen molar-refractivity contribution in [3.8, 4) is 5.75 Å². The molecule has 1 N–H and O–H groups in total. The Bertz CT molecular complexity index is 1330. The third kappa shape index (κ3) is 6.55. The zero-order valence-electron chi connectivity index (χ0n) is 20.6. The lowest BCUT2D eigenvalue weighted by molar-refractivity contribution is -0.121. The van der Waals surface area contributed by atoms with Crippen LogP contribution >= 0.6 is 0 Å². The van der Waals surface area contributed by atoms with Crippen LogP contribution in [-0.4, -0.2) is 33.3 Å². The lowest BCUT2D eigenvalue weighted by atomic mass is 10.0. The largest absolute Gasteiger partial charge is 0.494 e. The highest BCUT2D eigenvalue weighted by atomic mass is 19.1. The minimum atomic E-state index is -1.03. The molecule has 0 saturated carbocycles. The van der Waals surface area contributed by atoms with Crippen molar-refractivity contribution >= 4 is 17.5 Å². The number of nitrogens with zero attached hydrogens (tertiary/aromatic N) is 3. The third-order valence-corrected chi connectivity index (χ3v) is 5.70. The standard InChI is InChI=1S/C29H27FN4O3/c1-3-37-25-14-8-22(9-15-25)27(28(35)33-24-12-10-23(30)11-13-24)34(19-21-6-4-20(2)5-7-21)29(36)26-18-31-16-17-32-26/h4-18,27H,3,19H2,1-2H3,(H,33,35). The number of carbonyl (C=O) groups is 2. The molecule has 3 aromatic carbocycles. The molecule has 188 valence electrons. The van der Waals surface area contributed by atoms with Crippen molar-refractivity contribution in [2.75, 3.05) is 11.9 Å². The molecule has 0 spiro atoms. The number of anilines is 1. The highest BCUT2D eigenvalue weighted by molar-refractivity contribution is 6.00. The number of rotatable bonds is 9. The molecule has 0 radical (unpaired) electrons. The van der Waals surface area contributed by atoms with E-state index in [2.05, 4.69) is 15.3 Å².